The molecule has 1 N–H and O–H groups in total. The van der Waals surface area contributed by atoms with Crippen LogP contribution in [0.3, 0.4) is 0 Å². The number of aryl methyl sites for hydroxylation is 1. The van der Waals surface area contributed by atoms with E-state index in [1.165, 1.54) is 4.40 Å². The molecule has 0 saturated heterocycles. The third-order valence-electron chi connectivity index (χ3n) is 6.09. The summed E-state index contributed by atoms with van der Waals surface area (Å²) < 4.78 is 29.7. The van der Waals surface area contributed by atoms with Gasteiger partial charge in [0.25, 0.3) is 15.6 Å². The highest BCUT2D eigenvalue weighted by Crippen LogP contribution is 2.26. The summed E-state index contributed by atoms with van der Waals surface area (Å²) >= 11 is 0. The van der Waals surface area contributed by atoms with Crippen molar-refractivity contribution in [1.29, 1.82) is 0 Å². The molecule has 4 aromatic carbocycles. The van der Waals surface area contributed by atoms with E-state index < -0.39 is 10.0 Å². The van der Waals surface area contributed by atoms with Crippen LogP contribution in [0.5, 0.6) is 0 Å². The molecule has 0 aliphatic heterocycles. The molecule has 176 valence electrons. The Kier molecular flexibility index (Phi) is 5.05. The Morgan fingerprint density at radius 3 is 2.03 bits per heavy atom. The van der Waals surface area contributed by atoms with Crippen molar-refractivity contribution in [3.8, 4) is 11.4 Å². The van der Waals surface area contributed by atoms with E-state index in [9.17, 15) is 13.2 Å². The largest absolute Gasteiger partial charge is 0.280 e. The quantitative estimate of drug-likeness (QED) is 0.271. The zero-order valence-electron chi connectivity index (χ0n) is 19.2. The molecule has 8 heteroatoms. The van der Waals surface area contributed by atoms with Crippen molar-refractivity contribution in [1.82, 2.24) is 14.4 Å². The summed E-state index contributed by atoms with van der Waals surface area (Å²) in [5.41, 5.74) is 3.66. The third kappa shape index (κ3) is 3.68. The van der Waals surface area contributed by atoms with Gasteiger partial charge in [0.15, 0.2) is 5.65 Å². The Morgan fingerprint density at radius 1 is 0.722 bits per heavy atom. The predicted octanol–water partition coefficient (Wildman–Crippen LogP) is 5.17. The van der Waals surface area contributed by atoms with Crippen LogP contribution in [0, 0.1) is 6.92 Å². The van der Waals surface area contributed by atoms with E-state index in [1.807, 2.05) is 43.3 Å². The summed E-state index contributed by atoms with van der Waals surface area (Å²) in [5, 5.41) is 1.27. The van der Waals surface area contributed by atoms with Gasteiger partial charge in [-0.25, -0.2) is 22.8 Å². The van der Waals surface area contributed by atoms with Gasteiger partial charge in [0.05, 0.1) is 21.3 Å². The van der Waals surface area contributed by atoms with Crippen molar-refractivity contribution in [2.45, 2.75) is 11.8 Å². The number of aromatic nitrogens is 3. The molecule has 0 unspecified atom stereocenters. The Morgan fingerprint density at radius 2 is 1.33 bits per heavy atom. The summed E-state index contributed by atoms with van der Waals surface area (Å²) in [6, 6.07) is 28.2. The first-order chi connectivity index (χ1) is 17.4. The van der Waals surface area contributed by atoms with Gasteiger partial charge in [-0.2, -0.15) is 0 Å². The molecule has 0 aliphatic carbocycles. The summed E-state index contributed by atoms with van der Waals surface area (Å²) in [6.07, 6.45) is 0. The minimum Gasteiger partial charge on any atom is -0.280 e. The van der Waals surface area contributed by atoms with E-state index in [-0.39, 0.29) is 10.5 Å². The fraction of sp³-hybridized carbons (Fsp3) is 0.0357. The van der Waals surface area contributed by atoms with Crippen molar-refractivity contribution in [2.24, 2.45) is 0 Å². The van der Waals surface area contributed by atoms with Crippen molar-refractivity contribution >= 4 is 43.2 Å². The van der Waals surface area contributed by atoms with Crippen molar-refractivity contribution in [2.75, 3.05) is 4.72 Å². The van der Waals surface area contributed by atoms with E-state index in [2.05, 4.69) is 4.72 Å². The fourth-order valence-corrected chi connectivity index (χ4v) is 5.31. The normalized spacial score (nSPS) is 11.8. The second kappa shape index (κ2) is 8.28. The number of nitrogens with zero attached hydrogens (tertiary/aromatic N) is 3. The molecule has 0 bridgehead atoms. The van der Waals surface area contributed by atoms with E-state index in [1.54, 1.807) is 60.7 Å². The highest BCUT2D eigenvalue weighted by atomic mass is 32.2. The maximum atomic E-state index is 13.6. The van der Waals surface area contributed by atoms with Crippen LogP contribution < -0.4 is 10.3 Å². The number of anilines is 1. The van der Waals surface area contributed by atoms with Gasteiger partial charge < -0.3 is 0 Å². The number of hydrogen-bond donors (Lipinski definition) is 1. The second-order valence-electron chi connectivity index (χ2n) is 8.54. The van der Waals surface area contributed by atoms with Gasteiger partial charge >= 0.3 is 0 Å². The van der Waals surface area contributed by atoms with Gasteiger partial charge in [0.2, 0.25) is 0 Å². The van der Waals surface area contributed by atoms with Crippen molar-refractivity contribution < 1.29 is 8.42 Å². The SMILES string of the molecule is Cc1ccc(S(=O)(=O)Nc2ccc(-c3nc4ccccc4c4nc5ccccc5c(=O)n34)cc2)cc1. The van der Waals surface area contributed by atoms with Crippen LogP contribution in [0.1, 0.15) is 5.56 Å². The van der Waals surface area contributed by atoms with E-state index in [0.29, 0.717) is 39.1 Å². The minimum absolute atomic E-state index is 0.184. The van der Waals surface area contributed by atoms with Gasteiger partial charge in [0.1, 0.15) is 5.82 Å². The summed E-state index contributed by atoms with van der Waals surface area (Å²) in [5.74, 6) is 0.430. The predicted molar refractivity (Wildman–Crippen MR) is 142 cm³/mol. The lowest BCUT2D eigenvalue weighted by atomic mass is 10.1. The molecule has 0 radical (unpaired) electrons. The Bertz CT molecular complexity index is 1950. The highest BCUT2D eigenvalue weighted by Gasteiger charge is 2.17. The zero-order chi connectivity index (χ0) is 24.9. The summed E-state index contributed by atoms with van der Waals surface area (Å²) in [6.45, 7) is 1.90. The van der Waals surface area contributed by atoms with Crippen LogP contribution in [0.2, 0.25) is 0 Å². The van der Waals surface area contributed by atoms with Crippen LogP contribution in [-0.4, -0.2) is 22.8 Å². The second-order valence-corrected chi connectivity index (χ2v) is 10.2. The zero-order valence-corrected chi connectivity index (χ0v) is 20.0. The Labute approximate surface area is 206 Å². The maximum Gasteiger partial charge on any atom is 0.267 e. The lowest BCUT2D eigenvalue weighted by Gasteiger charge is -2.13. The first-order valence-corrected chi connectivity index (χ1v) is 12.8. The van der Waals surface area contributed by atoms with Gasteiger partial charge in [-0.3, -0.25) is 9.52 Å². The first kappa shape index (κ1) is 21.9. The number of nitrogens with one attached hydrogen (secondary N) is 1. The molecule has 0 amide bonds. The molecule has 6 rings (SSSR count). The molecule has 6 aromatic rings. The molecule has 36 heavy (non-hydrogen) atoms. The van der Waals surface area contributed by atoms with E-state index in [4.69, 9.17) is 9.97 Å². The van der Waals surface area contributed by atoms with Crippen LogP contribution in [0.15, 0.2) is 107 Å². The molecular weight excluding hydrogens is 472 g/mol. The lowest BCUT2D eigenvalue weighted by Crippen LogP contribution is -2.18. The van der Waals surface area contributed by atoms with E-state index >= 15 is 0 Å². The smallest absolute Gasteiger partial charge is 0.267 e. The third-order valence-corrected chi connectivity index (χ3v) is 7.48. The number of hydrogen-bond acceptors (Lipinski definition) is 5. The Hall–Kier alpha value is -4.56. The molecule has 2 heterocycles. The maximum absolute atomic E-state index is 13.6. The van der Waals surface area contributed by atoms with Crippen LogP contribution >= 0.6 is 0 Å². The molecule has 7 nitrogen and oxygen atoms in total. The van der Waals surface area contributed by atoms with Gasteiger partial charge in [-0.05, 0) is 67.6 Å². The molecule has 0 atom stereocenters. The minimum atomic E-state index is -3.73. The number of para-hydroxylation sites is 2. The molecule has 0 aliphatic rings. The number of benzene rings is 4. The molecular formula is C28H20N4O3S. The van der Waals surface area contributed by atoms with Gasteiger partial charge in [0, 0.05) is 16.6 Å². The van der Waals surface area contributed by atoms with Crippen molar-refractivity contribution in [3.63, 3.8) is 0 Å². The highest BCUT2D eigenvalue weighted by molar-refractivity contribution is 7.92. The van der Waals surface area contributed by atoms with Gasteiger partial charge in [-0.15, -0.1) is 0 Å². The molecule has 0 saturated carbocycles. The Balaban J connectivity index is 1.49. The van der Waals surface area contributed by atoms with Crippen molar-refractivity contribution in [3.05, 3.63) is 113 Å². The van der Waals surface area contributed by atoms with Crippen LogP contribution in [-0.2, 0) is 10.0 Å². The summed E-state index contributed by atoms with van der Waals surface area (Å²) in [4.78, 5) is 23.3. The first-order valence-electron chi connectivity index (χ1n) is 11.3. The number of sulfonamides is 1. The fourth-order valence-electron chi connectivity index (χ4n) is 4.25. The molecule has 2 aromatic heterocycles. The summed E-state index contributed by atoms with van der Waals surface area (Å²) in [7, 11) is -3.73. The topological polar surface area (TPSA) is 93.4 Å². The number of fused-ring (bicyclic) bond motifs is 4. The average molecular weight is 493 g/mol. The molecule has 0 spiro atoms. The monoisotopic (exact) mass is 492 g/mol. The number of rotatable bonds is 4. The van der Waals surface area contributed by atoms with E-state index in [0.717, 1.165) is 10.9 Å². The average Bonchev–Trinajstić information content (AvgIpc) is 2.89. The van der Waals surface area contributed by atoms with Crippen LogP contribution in [0.25, 0.3) is 38.8 Å². The molecule has 0 fully saturated rings. The standard InChI is InChI=1S/C28H20N4O3S/c1-18-10-16-21(17-11-18)36(34,35)31-20-14-12-19(13-15-20)26-29-24-8-4-2-6-22(24)27-30-25-9-5-3-7-23(25)28(33)32(26)27/h2-17,31H,1H3. The lowest BCUT2D eigenvalue weighted by molar-refractivity contribution is 0.601. The van der Waals surface area contributed by atoms with Crippen LogP contribution in [0.4, 0.5) is 5.69 Å². The van der Waals surface area contributed by atoms with Gasteiger partial charge in [-0.1, -0.05) is 42.0 Å².